The van der Waals surface area contributed by atoms with Gasteiger partial charge in [0.25, 0.3) is 0 Å². The number of hydrogen-bond acceptors (Lipinski definition) is 3. The van der Waals surface area contributed by atoms with Crippen molar-refractivity contribution in [3.8, 4) is 0 Å². The van der Waals surface area contributed by atoms with Gasteiger partial charge in [-0.1, -0.05) is 38.3 Å². The van der Waals surface area contributed by atoms with Gasteiger partial charge in [-0.05, 0) is 24.1 Å². The number of amides is 1. The Kier molecular flexibility index (Phi) is 7.86. The average Bonchev–Trinajstić information content (AvgIpc) is 2.43. The van der Waals surface area contributed by atoms with Gasteiger partial charge >= 0.3 is 0 Å². The van der Waals surface area contributed by atoms with Crippen molar-refractivity contribution in [1.29, 1.82) is 0 Å². The van der Waals surface area contributed by atoms with Gasteiger partial charge in [-0.2, -0.15) is 0 Å². The first-order valence-electron chi connectivity index (χ1n) is 6.93. The summed E-state index contributed by atoms with van der Waals surface area (Å²) in [6.45, 7) is 3.40. The molecule has 0 saturated carbocycles. The summed E-state index contributed by atoms with van der Waals surface area (Å²) in [6, 6.07) is 7.53. The van der Waals surface area contributed by atoms with E-state index in [0.29, 0.717) is 13.2 Å². The van der Waals surface area contributed by atoms with Crippen molar-refractivity contribution in [2.45, 2.75) is 39.2 Å². The predicted molar refractivity (Wildman–Crippen MR) is 77.9 cm³/mol. The highest BCUT2D eigenvalue weighted by atomic mass is 16.5. The zero-order chi connectivity index (χ0) is 13.9. The van der Waals surface area contributed by atoms with Gasteiger partial charge in [0.05, 0.1) is 0 Å². The highest BCUT2D eigenvalue weighted by molar-refractivity contribution is 5.91. The molecular formula is C15H24N2O2. The number of hydrogen-bond donors (Lipinski definition) is 2. The van der Waals surface area contributed by atoms with Crippen molar-refractivity contribution >= 4 is 11.6 Å². The highest BCUT2D eigenvalue weighted by Crippen LogP contribution is 2.09. The minimum absolute atomic E-state index is 0.110. The molecule has 106 valence electrons. The molecule has 1 amide bonds. The van der Waals surface area contributed by atoms with Crippen LogP contribution < -0.4 is 11.1 Å². The first kappa shape index (κ1) is 15.7. The normalized spacial score (nSPS) is 10.4. The number of rotatable bonds is 9. The third-order valence-corrected chi connectivity index (χ3v) is 2.82. The van der Waals surface area contributed by atoms with Crippen molar-refractivity contribution < 1.29 is 9.53 Å². The number of carbonyl (C=O) groups is 1. The summed E-state index contributed by atoms with van der Waals surface area (Å²) < 4.78 is 5.33. The molecule has 1 aromatic rings. The van der Waals surface area contributed by atoms with E-state index in [0.717, 1.165) is 24.1 Å². The van der Waals surface area contributed by atoms with E-state index in [1.54, 1.807) is 0 Å². The zero-order valence-electron chi connectivity index (χ0n) is 11.7. The van der Waals surface area contributed by atoms with Crippen LogP contribution >= 0.6 is 0 Å². The highest BCUT2D eigenvalue weighted by Gasteiger charge is 2.02. The lowest BCUT2D eigenvalue weighted by atomic mass is 10.2. The average molecular weight is 264 g/mol. The van der Waals surface area contributed by atoms with E-state index < -0.39 is 0 Å². The van der Waals surface area contributed by atoms with Crippen LogP contribution in [0.1, 0.15) is 38.2 Å². The Bertz CT molecular complexity index is 380. The Morgan fingerprint density at radius 3 is 2.89 bits per heavy atom. The Hall–Kier alpha value is -1.39. The van der Waals surface area contributed by atoms with Gasteiger partial charge in [-0.15, -0.1) is 0 Å². The number of unbranched alkanes of at least 4 members (excludes halogenated alkanes) is 3. The third-order valence-electron chi connectivity index (χ3n) is 2.82. The molecular weight excluding hydrogens is 240 g/mol. The summed E-state index contributed by atoms with van der Waals surface area (Å²) in [5.41, 5.74) is 7.31. The van der Waals surface area contributed by atoms with Gasteiger partial charge in [0.1, 0.15) is 6.61 Å². The van der Waals surface area contributed by atoms with Crippen molar-refractivity contribution in [3.63, 3.8) is 0 Å². The van der Waals surface area contributed by atoms with Crippen LogP contribution in [0.25, 0.3) is 0 Å². The Balaban J connectivity index is 2.19. The molecule has 0 unspecified atom stereocenters. The molecule has 0 aliphatic carbocycles. The summed E-state index contributed by atoms with van der Waals surface area (Å²) in [7, 11) is 0. The van der Waals surface area contributed by atoms with Crippen molar-refractivity contribution in [2.24, 2.45) is 5.73 Å². The fourth-order valence-electron chi connectivity index (χ4n) is 1.77. The molecule has 0 spiro atoms. The Morgan fingerprint density at radius 2 is 2.16 bits per heavy atom. The quantitative estimate of drug-likeness (QED) is 0.674. The molecule has 1 rings (SSSR count). The van der Waals surface area contributed by atoms with Gasteiger partial charge < -0.3 is 15.8 Å². The molecule has 0 heterocycles. The molecule has 0 radical (unpaired) electrons. The summed E-state index contributed by atoms with van der Waals surface area (Å²) in [6.07, 6.45) is 4.61. The maximum Gasteiger partial charge on any atom is 0.250 e. The molecule has 3 N–H and O–H groups in total. The zero-order valence-corrected chi connectivity index (χ0v) is 11.7. The summed E-state index contributed by atoms with van der Waals surface area (Å²) in [5, 5.41) is 2.80. The maximum atomic E-state index is 11.6. The van der Waals surface area contributed by atoms with Gasteiger partial charge in [0, 0.05) is 18.8 Å². The van der Waals surface area contributed by atoms with E-state index in [1.807, 2.05) is 24.3 Å². The Labute approximate surface area is 115 Å². The fraction of sp³-hybridized carbons (Fsp3) is 0.533. The lowest BCUT2D eigenvalue weighted by Gasteiger charge is -2.07. The van der Waals surface area contributed by atoms with Crippen molar-refractivity contribution in [2.75, 3.05) is 18.5 Å². The molecule has 0 aliphatic heterocycles. The first-order chi connectivity index (χ1) is 9.26. The fourth-order valence-corrected chi connectivity index (χ4v) is 1.77. The van der Waals surface area contributed by atoms with Crippen LogP contribution in [0, 0.1) is 0 Å². The molecule has 0 fully saturated rings. The molecule has 4 nitrogen and oxygen atoms in total. The minimum atomic E-state index is -0.121. The van der Waals surface area contributed by atoms with Gasteiger partial charge in [0.2, 0.25) is 5.91 Å². The van der Waals surface area contributed by atoms with Crippen LogP contribution in [0.15, 0.2) is 24.3 Å². The molecule has 0 saturated heterocycles. The Morgan fingerprint density at radius 1 is 1.32 bits per heavy atom. The van der Waals surface area contributed by atoms with Gasteiger partial charge in [0.15, 0.2) is 0 Å². The number of ether oxygens (including phenoxy) is 1. The first-order valence-corrected chi connectivity index (χ1v) is 6.93. The maximum absolute atomic E-state index is 11.6. The lowest BCUT2D eigenvalue weighted by molar-refractivity contribution is -0.120. The number of nitrogens with one attached hydrogen (secondary N) is 1. The van der Waals surface area contributed by atoms with Crippen molar-refractivity contribution in [3.05, 3.63) is 29.8 Å². The van der Waals surface area contributed by atoms with Crippen LogP contribution in [0.4, 0.5) is 5.69 Å². The molecule has 4 heteroatoms. The number of benzene rings is 1. The van der Waals surface area contributed by atoms with E-state index in [1.165, 1.54) is 12.8 Å². The number of nitrogens with two attached hydrogens (primary N) is 1. The molecule has 0 aromatic heterocycles. The van der Waals surface area contributed by atoms with Crippen LogP contribution in [0.3, 0.4) is 0 Å². The smallest absolute Gasteiger partial charge is 0.250 e. The van der Waals surface area contributed by atoms with Gasteiger partial charge in [-0.25, -0.2) is 0 Å². The van der Waals surface area contributed by atoms with Crippen LogP contribution in [-0.4, -0.2) is 19.1 Å². The second-order valence-electron chi connectivity index (χ2n) is 4.57. The van der Waals surface area contributed by atoms with Crippen LogP contribution in [0.2, 0.25) is 0 Å². The van der Waals surface area contributed by atoms with Gasteiger partial charge in [-0.3, -0.25) is 4.79 Å². The standard InChI is InChI=1S/C15H24N2O2/c1-2-3-4-5-9-19-12-15(18)17-14-8-6-7-13(10-14)11-16/h6-8,10H,2-5,9,11-12,16H2,1H3,(H,17,18). The molecule has 1 aromatic carbocycles. The summed E-state index contributed by atoms with van der Waals surface area (Å²) in [5.74, 6) is -0.121. The largest absolute Gasteiger partial charge is 0.372 e. The minimum Gasteiger partial charge on any atom is -0.372 e. The number of carbonyl (C=O) groups excluding carboxylic acids is 1. The topological polar surface area (TPSA) is 64.3 Å². The SMILES string of the molecule is CCCCCCOCC(=O)Nc1cccc(CN)c1. The molecule has 0 aliphatic rings. The van der Waals surface area contributed by atoms with E-state index in [9.17, 15) is 4.79 Å². The number of anilines is 1. The van der Waals surface area contributed by atoms with E-state index in [4.69, 9.17) is 10.5 Å². The van der Waals surface area contributed by atoms with E-state index in [2.05, 4.69) is 12.2 Å². The lowest BCUT2D eigenvalue weighted by Crippen LogP contribution is -2.18. The van der Waals surface area contributed by atoms with E-state index in [-0.39, 0.29) is 12.5 Å². The monoisotopic (exact) mass is 264 g/mol. The second kappa shape index (κ2) is 9.53. The third kappa shape index (κ3) is 6.94. The summed E-state index contributed by atoms with van der Waals surface area (Å²) >= 11 is 0. The van der Waals surface area contributed by atoms with Crippen LogP contribution in [-0.2, 0) is 16.1 Å². The predicted octanol–water partition coefficient (Wildman–Crippen LogP) is 2.68. The van der Waals surface area contributed by atoms with Crippen LogP contribution in [0.5, 0.6) is 0 Å². The van der Waals surface area contributed by atoms with Crippen molar-refractivity contribution in [1.82, 2.24) is 0 Å². The van der Waals surface area contributed by atoms with E-state index >= 15 is 0 Å². The summed E-state index contributed by atoms with van der Waals surface area (Å²) in [4.78, 5) is 11.6. The second-order valence-corrected chi connectivity index (χ2v) is 4.57. The molecule has 0 atom stereocenters. The molecule has 0 bridgehead atoms. The molecule has 19 heavy (non-hydrogen) atoms.